The van der Waals surface area contributed by atoms with Gasteiger partial charge in [-0.3, -0.25) is 9.69 Å². The lowest BCUT2D eigenvalue weighted by Crippen LogP contribution is -2.47. The van der Waals surface area contributed by atoms with Crippen molar-refractivity contribution >= 4 is 5.91 Å². The van der Waals surface area contributed by atoms with Crippen molar-refractivity contribution < 1.29 is 19.0 Å². The number of rotatable bonds is 9. The summed E-state index contributed by atoms with van der Waals surface area (Å²) in [5.41, 5.74) is 3.63. The van der Waals surface area contributed by atoms with Crippen LogP contribution in [0.15, 0.2) is 36.4 Å². The van der Waals surface area contributed by atoms with Gasteiger partial charge in [-0.05, 0) is 60.2 Å². The molecule has 1 heterocycles. The Balaban J connectivity index is 1.94. The van der Waals surface area contributed by atoms with Gasteiger partial charge in [0.05, 0.1) is 27.4 Å². The van der Waals surface area contributed by atoms with Crippen LogP contribution in [-0.4, -0.2) is 44.7 Å². The van der Waals surface area contributed by atoms with Crippen molar-refractivity contribution in [1.29, 1.82) is 0 Å². The molecule has 2 aromatic carbocycles. The molecule has 0 bridgehead atoms. The molecule has 0 unspecified atom stereocenters. The van der Waals surface area contributed by atoms with Gasteiger partial charge in [0.2, 0.25) is 5.91 Å². The Morgan fingerprint density at radius 2 is 1.69 bits per heavy atom. The van der Waals surface area contributed by atoms with Crippen LogP contribution in [0.25, 0.3) is 0 Å². The lowest BCUT2D eigenvalue weighted by molar-refractivity contribution is -0.122. The number of methoxy groups -OCH3 is 3. The van der Waals surface area contributed by atoms with E-state index in [0.717, 1.165) is 31.0 Å². The van der Waals surface area contributed by atoms with Crippen LogP contribution < -0.4 is 19.5 Å². The van der Waals surface area contributed by atoms with Gasteiger partial charge in [0.25, 0.3) is 0 Å². The van der Waals surface area contributed by atoms with Crippen molar-refractivity contribution in [2.45, 2.75) is 52.2 Å². The van der Waals surface area contributed by atoms with Crippen LogP contribution in [0.1, 0.15) is 49.9 Å². The second-order valence-corrected chi connectivity index (χ2v) is 8.87. The van der Waals surface area contributed by atoms with Crippen LogP contribution in [0.5, 0.6) is 17.2 Å². The van der Waals surface area contributed by atoms with Crippen molar-refractivity contribution in [3.05, 3.63) is 53.1 Å². The van der Waals surface area contributed by atoms with Gasteiger partial charge in [-0.2, -0.15) is 0 Å². The van der Waals surface area contributed by atoms with Gasteiger partial charge in [-0.1, -0.05) is 26.0 Å². The molecule has 6 heteroatoms. The average Bonchev–Trinajstić information content (AvgIpc) is 2.77. The highest BCUT2D eigenvalue weighted by atomic mass is 16.5. The summed E-state index contributed by atoms with van der Waals surface area (Å²) in [6, 6.07) is 12.3. The largest absolute Gasteiger partial charge is 0.497 e. The van der Waals surface area contributed by atoms with Crippen molar-refractivity contribution in [2.24, 2.45) is 5.92 Å². The van der Waals surface area contributed by atoms with E-state index in [0.29, 0.717) is 18.1 Å². The number of amides is 1. The van der Waals surface area contributed by atoms with Gasteiger partial charge < -0.3 is 19.5 Å². The van der Waals surface area contributed by atoms with Crippen LogP contribution in [0.4, 0.5) is 0 Å². The number of benzene rings is 2. The number of nitrogens with zero attached hydrogens (tertiary/aromatic N) is 1. The fourth-order valence-corrected chi connectivity index (χ4v) is 4.52. The number of ether oxygens (including phenoxy) is 3. The van der Waals surface area contributed by atoms with Gasteiger partial charge in [0.15, 0.2) is 11.5 Å². The summed E-state index contributed by atoms with van der Waals surface area (Å²) in [6.07, 6.45) is 1.43. The second-order valence-electron chi connectivity index (χ2n) is 8.87. The topological polar surface area (TPSA) is 60.0 Å². The van der Waals surface area contributed by atoms with Crippen LogP contribution in [0, 0.1) is 5.92 Å². The van der Waals surface area contributed by atoms with E-state index in [1.807, 2.05) is 12.1 Å². The molecule has 2 aromatic rings. The third-order valence-corrected chi connectivity index (χ3v) is 6.03. The number of hydrogen-bond donors (Lipinski definition) is 1. The van der Waals surface area contributed by atoms with Gasteiger partial charge in [-0.25, -0.2) is 0 Å². The summed E-state index contributed by atoms with van der Waals surface area (Å²) >= 11 is 0. The fraction of sp³-hybridized carbons (Fsp3) is 0.500. The Morgan fingerprint density at radius 3 is 2.28 bits per heavy atom. The van der Waals surface area contributed by atoms with Gasteiger partial charge >= 0.3 is 0 Å². The lowest BCUT2D eigenvalue weighted by Gasteiger charge is -2.41. The molecule has 0 radical (unpaired) electrons. The molecule has 1 amide bonds. The molecule has 0 aromatic heterocycles. The molecule has 0 fully saturated rings. The first kappa shape index (κ1) is 23.9. The van der Waals surface area contributed by atoms with E-state index in [2.05, 4.69) is 55.3 Å². The summed E-state index contributed by atoms with van der Waals surface area (Å²) in [5.74, 6) is 2.71. The molecule has 3 rings (SSSR count). The third kappa shape index (κ3) is 5.54. The number of hydrogen-bond acceptors (Lipinski definition) is 5. The minimum Gasteiger partial charge on any atom is -0.497 e. The highest BCUT2D eigenvalue weighted by Crippen LogP contribution is 2.40. The van der Waals surface area contributed by atoms with Crippen molar-refractivity contribution in [2.75, 3.05) is 27.9 Å². The van der Waals surface area contributed by atoms with E-state index in [9.17, 15) is 4.79 Å². The zero-order valence-corrected chi connectivity index (χ0v) is 20.1. The molecule has 0 saturated carbocycles. The molecule has 0 saturated heterocycles. The standard InChI is InChI=1S/C26H36N2O4/c1-17(2)13-25(29)27-18(3)26-22-15-24(32-6)23(31-5)14-20(22)11-12-28(26)16-19-7-9-21(30-4)10-8-19/h7-10,14-15,17-18,26H,11-13,16H2,1-6H3,(H,27,29)/t18-,26-/m0/s1. The Bertz CT molecular complexity index is 911. The first-order chi connectivity index (χ1) is 15.4. The van der Waals surface area contributed by atoms with E-state index in [1.54, 1.807) is 21.3 Å². The van der Waals surface area contributed by atoms with Crippen molar-refractivity contribution in [3.8, 4) is 17.2 Å². The predicted molar refractivity (Wildman–Crippen MR) is 126 cm³/mol. The third-order valence-electron chi connectivity index (χ3n) is 6.03. The van der Waals surface area contributed by atoms with E-state index >= 15 is 0 Å². The molecule has 1 aliphatic rings. The summed E-state index contributed by atoms with van der Waals surface area (Å²) in [5, 5.41) is 3.25. The van der Waals surface area contributed by atoms with E-state index < -0.39 is 0 Å². The van der Waals surface area contributed by atoms with Crippen LogP contribution in [0.3, 0.4) is 0 Å². The first-order valence-corrected chi connectivity index (χ1v) is 11.3. The Hall–Kier alpha value is -2.73. The van der Waals surface area contributed by atoms with Gasteiger partial charge in [0, 0.05) is 25.6 Å². The Kier molecular flexibility index (Phi) is 8.02. The lowest BCUT2D eigenvalue weighted by atomic mass is 9.87. The molecule has 32 heavy (non-hydrogen) atoms. The number of fused-ring (bicyclic) bond motifs is 1. The minimum atomic E-state index is -0.0587. The minimum absolute atomic E-state index is 0.0248. The molecular formula is C26H36N2O4. The summed E-state index contributed by atoms with van der Waals surface area (Å²) < 4.78 is 16.4. The molecular weight excluding hydrogens is 404 g/mol. The number of carbonyl (C=O) groups is 1. The monoisotopic (exact) mass is 440 g/mol. The Morgan fingerprint density at radius 1 is 1.03 bits per heavy atom. The van der Waals surface area contributed by atoms with Gasteiger partial charge in [0.1, 0.15) is 5.75 Å². The Labute approximate surface area is 191 Å². The zero-order valence-electron chi connectivity index (χ0n) is 20.1. The maximum Gasteiger partial charge on any atom is 0.220 e. The average molecular weight is 441 g/mol. The molecule has 6 nitrogen and oxygen atoms in total. The SMILES string of the molecule is COc1ccc(CN2CCc3cc(OC)c(OC)cc3[C@@H]2[C@H](C)NC(=O)CC(C)C)cc1. The second kappa shape index (κ2) is 10.7. The van der Waals surface area contributed by atoms with Gasteiger partial charge in [-0.15, -0.1) is 0 Å². The summed E-state index contributed by atoms with van der Waals surface area (Å²) in [7, 11) is 5.00. The van der Waals surface area contributed by atoms with E-state index in [1.165, 1.54) is 16.7 Å². The van der Waals surface area contributed by atoms with Crippen LogP contribution in [-0.2, 0) is 17.8 Å². The predicted octanol–water partition coefficient (Wildman–Crippen LogP) is 4.36. The summed E-state index contributed by atoms with van der Waals surface area (Å²) in [6.45, 7) is 7.90. The quantitative estimate of drug-likeness (QED) is 0.628. The zero-order chi connectivity index (χ0) is 23.3. The number of nitrogens with one attached hydrogen (secondary N) is 1. The van der Waals surface area contributed by atoms with Crippen molar-refractivity contribution in [3.63, 3.8) is 0 Å². The van der Waals surface area contributed by atoms with E-state index in [-0.39, 0.29) is 18.0 Å². The molecule has 0 aliphatic carbocycles. The highest BCUT2D eigenvalue weighted by Gasteiger charge is 2.33. The highest BCUT2D eigenvalue weighted by molar-refractivity contribution is 5.76. The normalized spacial score (nSPS) is 16.9. The van der Waals surface area contributed by atoms with Crippen LogP contribution >= 0.6 is 0 Å². The molecule has 1 N–H and O–H groups in total. The smallest absolute Gasteiger partial charge is 0.220 e. The van der Waals surface area contributed by atoms with Crippen LogP contribution in [0.2, 0.25) is 0 Å². The van der Waals surface area contributed by atoms with Crippen molar-refractivity contribution in [1.82, 2.24) is 10.2 Å². The van der Waals surface area contributed by atoms with E-state index in [4.69, 9.17) is 14.2 Å². The molecule has 2 atom stereocenters. The first-order valence-electron chi connectivity index (χ1n) is 11.3. The molecule has 0 spiro atoms. The molecule has 1 aliphatic heterocycles. The maximum absolute atomic E-state index is 12.6. The number of carbonyl (C=O) groups excluding carboxylic acids is 1. The summed E-state index contributed by atoms with van der Waals surface area (Å²) in [4.78, 5) is 15.0. The fourth-order valence-electron chi connectivity index (χ4n) is 4.52. The molecule has 174 valence electrons. The maximum atomic E-state index is 12.6.